The van der Waals surface area contributed by atoms with Gasteiger partial charge in [0.15, 0.2) is 0 Å². The average Bonchev–Trinajstić information content (AvgIpc) is 2.40. The first-order valence-electron chi connectivity index (χ1n) is 5.50. The highest BCUT2D eigenvalue weighted by Crippen LogP contribution is 2.28. The predicted molar refractivity (Wildman–Crippen MR) is 81.5 cm³/mol. The maximum atomic E-state index is 5.92. The summed E-state index contributed by atoms with van der Waals surface area (Å²) in [6.07, 6.45) is 0. The zero-order valence-corrected chi connectivity index (χ0v) is 13.2. The Labute approximate surface area is 130 Å². The maximum Gasteiger partial charge on any atom is 0.133 e. The number of ether oxygens (including phenoxy) is 2. The van der Waals surface area contributed by atoms with Crippen LogP contribution in [0.4, 0.5) is 0 Å². The fraction of sp³-hybridized carbons (Fsp3) is 0.143. The molecule has 0 N–H and O–H groups in total. The number of benzene rings is 2. The summed E-state index contributed by atoms with van der Waals surface area (Å²) in [6, 6.07) is 11.0. The molecule has 2 aromatic rings. The van der Waals surface area contributed by atoms with Gasteiger partial charge in [0, 0.05) is 6.07 Å². The van der Waals surface area contributed by atoms with Crippen molar-refractivity contribution in [2.24, 2.45) is 0 Å². The van der Waals surface area contributed by atoms with Crippen LogP contribution in [0.3, 0.4) is 0 Å². The monoisotopic (exact) mass is 360 g/mol. The van der Waals surface area contributed by atoms with E-state index in [1.54, 1.807) is 25.3 Å². The van der Waals surface area contributed by atoms with Crippen molar-refractivity contribution in [3.05, 3.63) is 56.5 Å². The Morgan fingerprint density at radius 3 is 2.47 bits per heavy atom. The third kappa shape index (κ3) is 3.78. The van der Waals surface area contributed by atoms with Crippen molar-refractivity contribution in [3.8, 4) is 11.5 Å². The van der Waals surface area contributed by atoms with Crippen LogP contribution in [0, 0.1) is 0 Å². The number of methoxy groups -OCH3 is 1. The molecule has 0 saturated heterocycles. The molecule has 0 aliphatic heterocycles. The molecule has 0 fully saturated rings. The van der Waals surface area contributed by atoms with Crippen LogP contribution in [0.2, 0.25) is 10.0 Å². The number of hydrogen-bond donors (Lipinski definition) is 0. The Kier molecular flexibility index (Phi) is 4.97. The summed E-state index contributed by atoms with van der Waals surface area (Å²) in [5, 5.41) is 0.997. The first-order valence-corrected chi connectivity index (χ1v) is 7.05. The van der Waals surface area contributed by atoms with Crippen molar-refractivity contribution >= 4 is 39.1 Å². The fourth-order valence-corrected chi connectivity index (χ4v) is 2.41. The molecular weight excluding hydrogens is 351 g/mol. The van der Waals surface area contributed by atoms with Crippen LogP contribution < -0.4 is 9.47 Å². The average molecular weight is 362 g/mol. The first-order chi connectivity index (χ1) is 9.10. The van der Waals surface area contributed by atoms with Crippen molar-refractivity contribution in [2.45, 2.75) is 6.61 Å². The van der Waals surface area contributed by atoms with Crippen LogP contribution in [-0.2, 0) is 6.61 Å². The molecular formula is C14H11BrCl2O2. The maximum absolute atomic E-state index is 5.92. The van der Waals surface area contributed by atoms with Crippen molar-refractivity contribution in [1.82, 2.24) is 0 Å². The van der Waals surface area contributed by atoms with E-state index < -0.39 is 0 Å². The van der Waals surface area contributed by atoms with Crippen molar-refractivity contribution < 1.29 is 9.47 Å². The molecule has 0 spiro atoms. The van der Waals surface area contributed by atoms with Gasteiger partial charge in [-0.25, -0.2) is 0 Å². The van der Waals surface area contributed by atoms with Crippen LogP contribution >= 0.6 is 39.1 Å². The van der Waals surface area contributed by atoms with E-state index in [2.05, 4.69) is 15.9 Å². The van der Waals surface area contributed by atoms with Gasteiger partial charge in [0.05, 0.1) is 21.6 Å². The van der Waals surface area contributed by atoms with E-state index in [9.17, 15) is 0 Å². The third-order valence-electron chi connectivity index (χ3n) is 2.51. The second kappa shape index (κ2) is 6.51. The van der Waals surface area contributed by atoms with Crippen LogP contribution in [0.15, 0.2) is 40.9 Å². The van der Waals surface area contributed by atoms with Gasteiger partial charge in [-0.15, -0.1) is 0 Å². The molecule has 0 radical (unpaired) electrons. The second-order valence-corrected chi connectivity index (χ2v) is 5.50. The molecule has 0 amide bonds. The molecule has 0 aliphatic carbocycles. The quantitative estimate of drug-likeness (QED) is 0.731. The smallest absolute Gasteiger partial charge is 0.133 e. The summed E-state index contributed by atoms with van der Waals surface area (Å²) >= 11 is 15.2. The molecule has 0 unspecified atom stereocenters. The van der Waals surface area contributed by atoms with Gasteiger partial charge in [-0.2, -0.15) is 0 Å². The Morgan fingerprint density at radius 1 is 1.05 bits per heavy atom. The molecule has 2 rings (SSSR count). The minimum absolute atomic E-state index is 0.445. The summed E-state index contributed by atoms with van der Waals surface area (Å²) in [6.45, 7) is 0.445. The molecule has 100 valence electrons. The highest BCUT2D eigenvalue weighted by molar-refractivity contribution is 9.10. The largest absolute Gasteiger partial charge is 0.496 e. The van der Waals surface area contributed by atoms with E-state index in [1.807, 2.05) is 18.2 Å². The van der Waals surface area contributed by atoms with E-state index in [-0.39, 0.29) is 0 Å². The lowest BCUT2D eigenvalue weighted by Crippen LogP contribution is -1.96. The molecule has 0 atom stereocenters. The van der Waals surface area contributed by atoms with Crippen LogP contribution in [0.1, 0.15) is 5.56 Å². The molecule has 0 bridgehead atoms. The Bertz CT molecular complexity index is 588. The summed E-state index contributed by atoms with van der Waals surface area (Å²) < 4.78 is 11.7. The second-order valence-electron chi connectivity index (χ2n) is 3.83. The van der Waals surface area contributed by atoms with Gasteiger partial charge < -0.3 is 9.47 Å². The van der Waals surface area contributed by atoms with E-state index >= 15 is 0 Å². The Balaban J connectivity index is 2.05. The van der Waals surface area contributed by atoms with Crippen LogP contribution in [0.25, 0.3) is 0 Å². The number of hydrogen-bond acceptors (Lipinski definition) is 2. The molecule has 0 aromatic heterocycles. The molecule has 2 aromatic carbocycles. The van der Waals surface area contributed by atoms with Gasteiger partial charge in [-0.1, -0.05) is 29.3 Å². The zero-order valence-electron chi connectivity index (χ0n) is 10.1. The van der Waals surface area contributed by atoms with Crippen molar-refractivity contribution in [2.75, 3.05) is 7.11 Å². The standard InChI is InChI=1S/C14H11BrCl2O2/c1-18-14-5-2-9(6-11(14)15)8-19-10-3-4-12(16)13(17)7-10/h2-7H,8H2,1H3. The minimum Gasteiger partial charge on any atom is -0.496 e. The molecule has 5 heteroatoms. The van der Waals surface area contributed by atoms with Crippen LogP contribution in [-0.4, -0.2) is 7.11 Å². The molecule has 0 aliphatic rings. The van der Waals surface area contributed by atoms with Gasteiger partial charge in [-0.3, -0.25) is 0 Å². The normalized spacial score (nSPS) is 10.3. The minimum atomic E-state index is 0.445. The number of halogens is 3. The lowest BCUT2D eigenvalue weighted by Gasteiger charge is -2.09. The van der Waals surface area contributed by atoms with Gasteiger partial charge >= 0.3 is 0 Å². The van der Waals surface area contributed by atoms with E-state index in [0.717, 1.165) is 15.8 Å². The fourth-order valence-electron chi connectivity index (χ4n) is 1.53. The molecule has 0 heterocycles. The summed E-state index contributed by atoms with van der Waals surface area (Å²) in [5.41, 5.74) is 1.03. The lowest BCUT2D eigenvalue weighted by molar-refractivity contribution is 0.306. The molecule has 2 nitrogen and oxygen atoms in total. The van der Waals surface area contributed by atoms with Crippen molar-refractivity contribution in [1.29, 1.82) is 0 Å². The van der Waals surface area contributed by atoms with Gasteiger partial charge in [-0.05, 0) is 45.8 Å². The first kappa shape index (κ1) is 14.5. The summed E-state index contributed by atoms with van der Waals surface area (Å²) in [5.74, 6) is 1.47. The van der Waals surface area contributed by atoms with Gasteiger partial charge in [0.1, 0.15) is 18.1 Å². The van der Waals surface area contributed by atoms with Gasteiger partial charge in [0.25, 0.3) is 0 Å². The Hall–Kier alpha value is -0.900. The predicted octanol–water partition coefficient (Wildman–Crippen LogP) is 5.34. The summed E-state index contributed by atoms with van der Waals surface area (Å²) in [7, 11) is 1.63. The van der Waals surface area contributed by atoms with E-state index in [0.29, 0.717) is 22.4 Å². The van der Waals surface area contributed by atoms with Crippen LogP contribution in [0.5, 0.6) is 11.5 Å². The van der Waals surface area contributed by atoms with E-state index in [4.69, 9.17) is 32.7 Å². The third-order valence-corrected chi connectivity index (χ3v) is 3.87. The SMILES string of the molecule is COc1ccc(COc2ccc(Cl)c(Cl)c2)cc1Br. The number of rotatable bonds is 4. The zero-order chi connectivity index (χ0) is 13.8. The molecule has 19 heavy (non-hydrogen) atoms. The topological polar surface area (TPSA) is 18.5 Å². The lowest BCUT2D eigenvalue weighted by atomic mass is 10.2. The highest BCUT2D eigenvalue weighted by atomic mass is 79.9. The highest BCUT2D eigenvalue weighted by Gasteiger charge is 2.04. The van der Waals surface area contributed by atoms with Crippen molar-refractivity contribution in [3.63, 3.8) is 0 Å². The molecule has 0 saturated carbocycles. The van der Waals surface area contributed by atoms with Gasteiger partial charge in [0.2, 0.25) is 0 Å². The summed E-state index contributed by atoms with van der Waals surface area (Å²) in [4.78, 5) is 0. The van der Waals surface area contributed by atoms with E-state index in [1.165, 1.54) is 0 Å². The Morgan fingerprint density at radius 2 is 1.84 bits per heavy atom.